The van der Waals surface area contributed by atoms with E-state index in [0.717, 1.165) is 11.3 Å². The molecule has 7 nitrogen and oxygen atoms in total. The van der Waals surface area contributed by atoms with E-state index >= 15 is 0 Å². The van der Waals surface area contributed by atoms with Crippen LogP contribution in [0.5, 0.6) is 0 Å². The Morgan fingerprint density at radius 2 is 2.05 bits per heavy atom. The zero-order valence-corrected chi connectivity index (χ0v) is 12.2. The third-order valence-corrected chi connectivity index (χ3v) is 3.14. The highest BCUT2D eigenvalue weighted by atomic mass is 16.4. The van der Waals surface area contributed by atoms with Crippen LogP contribution < -0.4 is 11.1 Å². The highest BCUT2D eigenvalue weighted by Gasteiger charge is 2.18. The number of aliphatic carboxylic acids is 1. The molecule has 0 fully saturated rings. The highest BCUT2D eigenvalue weighted by molar-refractivity contribution is 5.77. The number of nitrogens with two attached hydrogens (primary N) is 1. The number of rotatable bonds is 6. The van der Waals surface area contributed by atoms with Gasteiger partial charge in [-0.3, -0.25) is 9.59 Å². The molecule has 0 bridgehead atoms. The number of aryl methyl sites for hydroxylation is 1. The quantitative estimate of drug-likeness (QED) is 0.740. The van der Waals surface area contributed by atoms with Crippen molar-refractivity contribution in [2.45, 2.75) is 25.9 Å². The first kappa shape index (κ1) is 15.6. The highest BCUT2D eigenvalue weighted by Crippen LogP contribution is 2.16. The van der Waals surface area contributed by atoms with Crippen molar-refractivity contribution in [3.05, 3.63) is 47.7 Å². The number of aromatic nitrogens is 2. The van der Waals surface area contributed by atoms with Gasteiger partial charge in [0.15, 0.2) is 0 Å². The Morgan fingerprint density at radius 1 is 1.36 bits per heavy atom. The minimum atomic E-state index is -0.983. The van der Waals surface area contributed by atoms with Crippen molar-refractivity contribution in [2.75, 3.05) is 5.73 Å². The summed E-state index contributed by atoms with van der Waals surface area (Å²) >= 11 is 0. The van der Waals surface area contributed by atoms with E-state index in [1.165, 1.54) is 4.68 Å². The Bertz CT molecular complexity index is 667. The van der Waals surface area contributed by atoms with E-state index in [0.29, 0.717) is 5.82 Å². The summed E-state index contributed by atoms with van der Waals surface area (Å²) < 4.78 is 1.38. The second-order valence-corrected chi connectivity index (χ2v) is 5.00. The molecule has 0 radical (unpaired) electrons. The number of nitrogens with zero attached hydrogens (tertiary/aromatic N) is 2. The van der Waals surface area contributed by atoms with Gasteiger partial charge in [0, 0.05) is 6.07 Å². The normalized spacial score (nSPS) is 11.9. The lowest BCUT2D eigenvalue weighted by molar-refractivity contribution is -0.137. The molecule has 1 heterocycles. The minimum absolute atomic E-state index is 0.0530. The molecule has 4 N–H and O–H groups in total. The number of benzene rings is 1. The van der Waals surface area contributed by atoms with Crippen LogP contribution in [-0.2, 0) is 16.1 Å². The van der Waals surface area contributed by atoms with Gasteiger partial charge in [-0.2, -0.15) is 5.10 Å². The van der Waals surface area contributed by atoms with Crippen LogP contribution in [0, 0.1) is 6.92 Å². The molecule has 0 spiro atoms. The summed E-state index contributed by atoms with van der Waals surface area (Å²) in [5.74, 6) is -0.935. The molecule has 116 valence electrons. The number of carbonyl (C=O) groups is 2. The van der Waals surface area contributed by atoms with E-state index in [1.54, 1.807) is 37.3 Å². The molecule has 0 aliphatic heterocycles. The zero-order valence-electron chi connectivity index (χ0n) is 12.2. The average molecular weight is 302 g/mol. The third-order valence-electron chi connectivity index (χ3n) is 3.14. The van der Waals surface area contributed by atoms with Gasteiger partial charge >= 0.3 is 5.97 Å². The SMILES string of the molecule is Cc1cc(N)n(CC(=O)NC(CC(=O)O)c2ccccc2)n1. The largest absolute Gasteiger partial charge is 0.481 e. The lowest BCUT2D eigenvalue weighted by Gasteiger charge is -2.17. The molecule has 7 heteroatoms. The van der Waals surface area contributed by atoms with Gasteiger partial charge in [0.1, 0.15) is 12.4 Å². The Morgan fingerprint density at radius 3 is 2.59 bits per heavy atom. The van der Waals surface area contributed by atoms with Gasteiger partial charge in [0.25, 0.3) is 0 Å². The number of carbonyl (C=O) groups excluding carboxylic acids is 1. The second kappa shape index (κ2) is 6.75. The van der Waals surface area contributed by atoms with Gasteiger partial charge in [-0.25, -0.2) is 4.68 Å². The molecule has 2 aromatic rings. The molecular weight excluding hydrogens is 284 g/mol. The van der Waals surface area contributed by atoms with E-state index < -0.39 is 12.0 Å². The summed E-state index contributed by atoms with van der Waals surface area (Å²) in [5, 5.41) is 15.8. The molecule has 0 aliphatic carbocycles. The first-order valence-corrected chi connectivity index (χ1v) is 6.81. The number of nitrogens with one attached hydrogen (secondary N) is 1. The van der Waals surface area contributed by atoms with Gasteiger partial charge in [0.05, 0.1) is 18.2 Å². The fourth-order valence-electron chi connectivity index (χ4n) is 2.18. The second-order valence-electron chi connectivity index (χ2n) is 5.00. The molecule has 2 rings (SSSR count). The van der Waals surface area contributed by atoms with Gasteiger partial charge in [-0.15, -0.1) is 0 Å². The first-order chi connectivity index (χ1) is 10.5. The van der Waals surface area contributed by atoms with Gasteiger partial charge < -0.3 is 16.2 Å². The van der Waals surface area contributed by atoms with Crippen molar-refractivity contribution in [3.8, 4) is 0 Å². The Hall–Kier alpha value is -2.83. The Labute approximate surface area is 127 Å². The molecule has 1 aromatic heterocycles. The molecule has 0 saturated carbocycles. The molecule has 0 saturated heterocycles. The smallest absolute Gasteiger partial charge is 0.305 e. The van der Waals surface area contributed by atoms with Crippen LogP contribution in [0.15, 0.2) is 36.4 Å². The predicted molar refractivity (Wildman–Crippen MR) is 81.0 cm³/mol. The predicted octanol–water partition coefficient (Wildman–Crippen LogP) is 1.11. The summed E-state index contributed by atoms with van der Waals surface area (Å²) in [5.41, 5.74) is 7.20. The Balaban J connectivity index is 2.08. The number of carboxylic acids is 1. The molecule has 0 aliphatic rings. The number of anilines is 1. The van der Waals surface area contributed by atoms with Crippen molar-refractivity contribution >= 4 is 17.7 Å². The molecule has 1 atom stereocenters. The van der Waals surface area contributed by atoms with E-state index in [1.807, 2.05) is 6.07 Å². The maximum absolute atomic E-state index is 12.1. The monoisotopic (exact) mass is 302 g/mol. The van der Waals surface area contributed by atoms with E-state index in [-0.39, 0.29) is 18.9 Å². The standard InChI is InChI=1S/C15H18N4O3/c1-10-7-13(16)19(18-10)9-14(20)17-12(8-15(21)22)11-5-3-2-4-6-11/h2-7,12H,8-9,16H2,1H3,(H,17,20)(H,21,22). The number of carboxylic acid groups (broad SMARTS) is 1. The van der Waals surface area contributed by atoms with Crippen LogP contribution in [0.25, 0.3) is 0 Å². The van der Waals surface area contributed by atoms with Crippen LogP contribution in [0.2, 0.25) is 0 Å². The summed E-state index contributed by atoms with van der Waals surface area (Å²) in [4.78, 5) is 23.1. The van der Waals surface area contributed by atoms with Crippen LogP contribution in [0.1, 0.15) is 23.7 Å². The van der Waals surface area contributed by atoms with Gasteiger partial charge in [0.2, 0.25) is 5.91 Å². The maximum atomic E-state index is 12.1. The molecule has 1 unspecified atom stereocenters. The number of amides is 1. The van der Waals surface area contributed by atoms with Crippen LogP contribution >= 0.6 is 0 Å². The zero-order chi connectivity index (χ0) is 16.1. The molecule has 1 aromatic carbocycles. The van der Waals surface area contributed by atoms with Crippen molar-refractivity contribution in [1.29, 1.82) is 0 Å². The minimum Gasteiger partial charge on any atom is -0.481 e. The fourth-order valence-corrected chi connectivity index (χ4v) is 2.18. The van der Waals surface area contributed by atoms with E-state index in [4.69, 9.17) is 10.8 Å². The fraction of sp³-hybridized carbons (Fsp3) is 0.267. The Kier molecular flexibility index (Phi) is 4.77. The van der Waals surface area contributed by atoms with E-state index in [2.05, 4.69) is 10.4 Å². The summed E-state index contributed by atoms with van der Waals surface area (Å²) in [6, 6.07) is 10.1. The molecule has 1 amide bonds. The third kappa shape index (κ3) is 4.08. The van der Waals surface area contributed by atoms with Crippen LogP contribution in [0.3, 0.4) is 0 Å². The number of nitrogen functional groups attached to an aromatic ring is 1. The number of hydrogen-bond acceptors (Lipinski definition) is 4. The van der Waals surface area contributed by atoms with Crippen molar-refractivity contribution in [2.24, 2.45) is 0 Å². The molecule has 22 heavy (non-hydrogen) atoms. The first-order valence-electron chi connectivity index (χ1n) is 6.81. The molecular formula is C15H18N4O3. The lowest BCUT2D eigenvalue weighted by atomic mass is 10.0. The van der Waals surface area contributed by atoms with Crippen molar-refractivity contribution in [3.63, 3.8) is 0 Å². The lowest BCUT2D eigenvalue weighted by Crippen LogP contribution is -2.33. The van der Waals surface area contributed by atoms with Gasteiger partial charge in [-0.05, 0) is 12.5 Å². The van der Waals surface area contributed by atoms with Crippen LogP contribution in [0.4, 0.5) is 5.82 Å². The summed E-state index contributed by atoms with van der Waals surface area (Å²) in [6.45, 7) is 1.73. The van der Waals surface area contributed by atoms with Crippen molar-refractivity contribution < 1.29 is 14.7 Å². The van der Waals surface area contributed by atoms with Gasteiger partial charge in [-0.1, -0.05) is 30.3 Å². The van der Waals surface area contributed by atoms with Crippen LogP contribution in [-0.4, -0.2) is 26.8 Å². The van der Waals surface area contributed by atoms with Crippen molar-refractivity contribution in [1.82, 2.24) is 15.1 Å². The number of hydrogen-bond donors (Lipinski definition) is 3. The maximum Gasteiger partial charge on any atom is 0.305 e. The topological polar surface area (TPSA) is 110 Å². The van der Waals surface area contributed by atoms with E-state index in [9.17, 15) is 9.59 Å². The summed E-state index contributed by atoms with van der Waals surface area (Å²) in [6.07, 6.45) is -0.191. The summed E-state index contributed by atoms with van der Waals surface area (Å²) in [7, 11) is 0. The average Bonchev–Trinajstić information content (AvgIpc) is 2.76.